The number of rotatable bonds is 6. The minimum absolute atomic E-state index is 0.234. The average molecular weight is 254 g/mol. The smallest absolute Gasteiger partial charge is 0.0499 e. The van der Waals surface area contributed by atoms with Crippen LogP contribution in [0.4, 0.5) is 0 Å². The molecule has 0 amide bonds. The Hall–Kier alpha value is -0.120. The number of aliphatic hydroxyl groups is 1. The first-order chi connectivity index (χ1) is 8.73. The van der Waals surface area contributed by atoms with Gasteiger partial charge in [-0.3, -0.25) is 4.90 Å². The van der Waals surface area contributed by atoms with Crippen LogP contribution in [0.5, 0.6) is 0 Å². The molecule has 1 saturated heterocycles. The predicted molar refractivity (Wildman–Crippen MR) is 75.8 cm³/mol. The number of nitrogens with zero attached hydrogens (tertiary/aromatic N) is 2. The maximum Gasteiger partial charge on any atom is 0.0499 e. The van der Waals surface area contributed by atoms with Gasteiger partial charge in [0, 0.05) is 31.2 Å². The molecule has 18 heavy (non-hydrogen) atoms. The summed E-state index contributed by atoms with van der Waals surface area (Å²) in [6.07, 6.45) is 6.40. The summed E-state index contributed by atoms with van der Waals surface area (Å²) >= 11 is 0. The van der Waals surface area contributed by atoms with Crippen molar-refractivity contribution in [2.45, 2.75) is 52.0 Å². The van der Waals surface area contributed by atoms with Gasteiger partial charge in [0.05, 0.1) is 0 Å². The Morgan fingerprint density at radius 3 is 2.44 bits per heavy atom. The lowest BCUT2D eigenvalue weighted by molar-refractivity contribution is 0.0842. The molecule has 0 bridgehead atoms. The van der Waals surface area contributed by atoms with Gasteiger partial charge >= 0.3 is 0 Å². The maximum absolute atomic E-state index is 9.71. The van der Waals surface area contributed by atoms with Gasteiger partial charge in [-0.2, -0.15) is 0 Å². The summed E-state index contributed by atoms with van der Waals surface area (Å²) in [5.41, 5.74) is 0.234. The molecule has 3 heteroatoms. The Bertz CT molecular complexity index is 247. The summed E-state index contributed by atoms with van der Waals surface area (Å²) in [6.45, 7) is 10.8. The molecule has 0 aromatic rings. The maximum atomic E-state index is 9.71. The monoisotopic (exact) mass is 254 g/mol. The second-order valence-electron chi connectivity index (χ2n) is 6.26. The van der Waals surface area contributed by atoms with Crippen LogP contribution < -0.4 is 0 Å². The first kappa shape index (κ1) is 14.3. The summed E-state index contributed by atoms with van der Waals surface area (Å²) in [6, 6.07) is 0.747. The van der Waals surface area contributed by atoms with Gasteiger partial charge in [0.2, 0.25) is 0 Å². The number of aliphatic hydroxyl groups excluding tert-OH is 1. The fourth-order valence-corrected chi connectivity index (χ4v) is 3.96. The van der Waals surface area contributed by atoms with E-state index in [4.69, 9.17) is 0 Å². The summed E-state index contributed by atoms with van der Waals surface area (Å²) in [7, 11) is 0. The highest BCUT2D eigenvalue weighted by Gasteiger charge is 2.37. The lowest BCUT2D eigenvalue weighted by atomic mass is 9.87. The van der Waals surface area contributed by atoms with Crippen molar-refractivity contribution in [2.24, 2.45) is 5.41 Å². The van der Waals surface area contributed by atoms with Crippen molar-refractivity contribution in [1.29, 1.82) is 0 Å². The quantitative estimate of drug-likeness (QED) is 0.785. The third-order valence-corrected chi connectivity index (χ3v) is 5.13. The summed E-state index contributed by atoms with van der Waals surface area (Å²) < 4.78 is 0. The Morgan fingerprint density at radius 1 is 1.22 bits per heavy atom. The molecule has 1 heterocycles. The molecule has 1 saturated carbocycles. The van der Waals surface area contributed by atoms with Gasteiger partial charge in [-0.05, 0) is 38.9 Å². The minimum atomic E-state index is 0.234. The zero-order valence-electron chi connectivity index (χ0n) is 12.2. The molecule has 0 spiro atoms. The summed E-state index contributed by atoms with van der Waals surface area (Å²) in [5.74, 6) is 0. The van der Waals surface area contributed by atoms with Gasteiger partial charge < -0.3 is 10.0 Å². The van der Waals surface area contributed by atoms with E-state index < -0.39 is 0 Å². The predicted octanol–water partition coefficient (Wildman–Crippen LogP) is 1.96. The first-order valence-electron chi connectivity index (χ1n) is 7.80. The lowest BCUT2D eigenvalue weighted by Gasteiger charge is -2.32. The van der Waals surface area contributed by atoms with Gasteiger partial charge in [0.15, 0.2) is 0 Å². The average Bonchev–Trinajstić information content (AvgIpc) is 3.02. The molecule has 106 valence electrons. The Morgan fingerprint density at radius 2 is 1.89 bits per heavy atom. The first-order valence-corrected chi connectivity index (χ1v) is 7.80. The second-order valence-corrected chi connectivity index (χ2v) is 6.26. The van der Waals surface area contributed by atoms with E-state index in [0.29, 0.717) is 6.61 Å². The number of hydrogen-bond acceptors (Lipinski definition) is 3. The molecule has 1 aliphatic heterocycles. The van der Waals surface area contributed by atoms with Gasteiger partial charge in [-0.25, -0.2) is 0 Å². The van der Waals surface area contributed by atoms with Crippen molar-refractivity contribution in [1.82, 2.24) is 9.80 Å². The van der Waals surface area contributed by atoms with Crippen LogP contribution in [0.1, 0.15) is 46.0 Å². The molecule has 0 aromatic carbocycles. The normalized spacial score (nSPS) is 28.3. The molecular formula is C15H30N2O. The summed E-state index contributed by atoms with van der Waals surface area (Å²) in [4.78, 5) is 5.19. The highest BCUT2D eigenvalue weighted by Crippen LogP contribution is 2.39. The second kappa shape index (κ2) is 6.36. The molecule has 1 atom stereocenters. The highest BCUT2D eigenvalue weighted by molar-refractivity contribution is 4.91. The lowest BCUT2D eigenvalue weighted by Crippen LogP contribution is -2.41. The summed E-state index contributed by atoms with van der Waals surface area (Å²) in [5, 5.41) is 9.71. The van der Waals surface area contributed by atoms with Gasteiger partial charge in [-0.1, -0.05) is 26.7 Å². The zero-order chi connectivity index (χ0) is 13.0. The van der Waals surface area contributed by atoms with Crippen LogP contribution in [0.15, 0.2) is 0 Å². The fourth-order valence-electron chi connectivity index (χ4n) is 3.96. The number of likely N-dealkylation sites (N-methyl/N-ethyl adjacent to an activating group) is 1. The largest absolute Gasteiger partial charge is 0.396 e. The van der Waals surface area contributed by atoms with E-state index in [1.54, 1.807) is 0 Å². The SMILES string of the molecule is CCN(CC)C1CCN(CC2(CO)CCCC2)C1. The molecule has 1 unspecified atom stereocenters. The Kier molecular flexibility index (Phi) is 5.05. The van der Waals surface area contributed by atoms with Gasteiger partial charge in [0.1, 0.15) is 0 Å². The van der Waals surface area contributed by atoms with E-state index in [0.717, 1.165) is 12.6 Å². The van der Waals surface area contributed by atoms with E-state index in [9.17, 15) is 5.11 Å². The van der Waals surface area contributed by atoms with E-state index in [2.05, 4.69) is 23.6 Å². The number of likely N-dealkylation sites (tertiary alicyclic amines) is 1. The zero-order valence-corrected chi connectivity index (χ0v) is 12.2. The molecule has 0 aromatic heterocycles. The third kappa shape index (κ3) is 3.06. The molecule has 1 aliphatic carbocycles. The van der Waals surface area contributed by atoms with Crippen molar-refractivity contribution in [3.63, 3.8) is 0 Å². The standard InChI is InChI=1S/C15H30N2O/c1-3-17(4-2)14-7-10-16(11-14)12-15(13-18)8-5-6-9-15/h14,18H,3-13H2,1-2H3. The van der Waals surface area contributed by atoms with Gasteiger partial charge in [-0.15, -0.1) is 0 Å². The van der Waals surface area contributed by atoms with E-state index >= 15 is 0 Å². The molecule has 0 radical (unpaired) electrons. The van der Waals surface area contributed by atoms with E-state index in [1.165, 1.54) is 58.3 Å². The van der Waals surface area contributed by atoms with Crippen molar-refractivity contribution in [2.75, 3.05) is 39.3 Å². The number of hydrogen-bond donors (Lipinski definition) is 1. The van der Waals surface area contributed by atoms with E-state index in [1.807, 2.05) is 0 Å². The minimum Gasteiger partial charge on any atom is -0.396 e. The van der Waals surface area contributed by atoms with Crippen LogP contribution >= 0.6 is 0 Å². The Labute approximate surface area is 112 Å². The molecule has 2 aliphatic rings. The van der Waals surface area contributed by atoms with Crippen LogP contribution in [0, 0.1) is 5.41 Å². The fraction of sp³-hybridized carbons (Fsp3) is 1.00. The highest BCUT2D eigenvalue weighted by atomic mass is 16.3. The molecule has 3 nitrogen and oxygen atoms in total. The van der Waals surface area contributed by atoms with Crippen LogP contribution in [0.2, 0.25) is 0 Å². The third-order valence-electron chi connectivity index (χ3n) is 5.13. The molecular weight excluding hydrogens is 224 g/mol. The molecule has 2 rings (SSSR count). The molecule has 2 fully saturated rings. The van der Waals surface area contributed by atoms with Crippen LogP contribution in [0.3, 0.4) is 0 Å². The topological polar surface area (TPSA) is 26.7 Å². The Balaban J connectivity index is 1.85. The van der Waals surface area contributed by atoms with E-state index in [-0.39, 0.29) is 5.41 Å². The van der Waals surface area contributed by atoms with Crippen molar-refractivity contribution in [3.8, 4) is 0 Å². The van der Waals surface area contributed by atoms with Crippen molar-refractivity contribution in [3.05, 3.63) is 0 Å². The van der Waals surface area contributed by atoms with Crippen molar-refractivity contribution < 1.29 is 5.11 Å². The molecule has 1 N–H and O–H groups in total. The van der Waals surface area contributed by atoms with Crippen LogP contribution in [-0.2, 0) is 0 Å². The van der Waals surface area contributed by atoms with Crippen molar-refractivity contribution >= 4 is 0 Å². The van der Waals surface area contributed by atoms with Crippen LogP contribution in [0.25, 0.3) is 0 Å². The van der Waals surface area contributed by atoms with Gasteiger partial charge in [0.25, 0.3) is 0 Å². The van der Waals surface area contributed by atoms with Crippen LogP contribution in [-0.4, -0.2) is 60.3 Å².